The number of esters is 1. The van der Waals surface area contributed by atoms with Gasteiger partial charge in [0.2, 0.25) is 0 Å². The molecule has 4 rings (SSSR count). The number of hydrogen-bond acceptors (Lipinski definition) is 6. The maximum absolute atomic E-state index is 12.5. The lowest BCUT2D eigenvalue weighted by Crippen LogP contribution is -2.28. The Labute approximate surface area is 177 Å². The number of allylic oxidation sites excluding steroid dienone is 1. The van der Waals surface area contributed by atoms with Crippen LogP contribution in [0.2, 0.25) is 0 Å². The van der Waals surface area contributed by atoms with Crippen molar-refractivity contribution in [2.45, 2.75) is 19.9 Å². The van der Waals surface area contributed by atoms with E-state index < -0.39 is 0 Å². The van der Waals surface area contributed by atoms with E-state index >= 15 is 0 Å². The molecule has 2 aliphatic heterocycles. The second-order valence-electron chi connectivity index (χ2n) is 6.85. The van der Waals surface area contributed by atoms with Crippen molar-refractivity contribution in [2.24, 2.45) is 0 Å². The summed E-state index contributed by atoms with van der Waals surface area (Å²) in [5.41, 5.74) is 3.20. The first-order chi connectivity index (χ1) is 13.9. The average molecular weight is 427 g/mol. The number of carbonyl (C=O) groups is 3. The van der Waals surface area contributed by atoms with Crippen molar-refractivity contribution in [3.05, 3.63) is 52.0 Å². The highest BCUT2D eigenvalue weighted by atomic mass is 32.1. The predicted molar refractivity (Wildman–Crippen MR) is 114 cm³/mol. The Morgan fingerprint density at radius 3 is 2.86 bits per heavy atom. The summed E-state index contributed by atoms with van der Waals surface area (Å²) in [6, 6.07) is 9.77. The van der Waals surface area contributed by atoms with Gasteiger partial charge in [0.05, 0.1) is 23.7 Å². The van der Waals surface area contributed by atoms with E-state index in [9.17, 15) is 14.4 Å². The van der Waals surface area contributed by atoms with Crippen molar-refractivity contribution >= 4 is 52.3 Å². The van der Waals surface area contributed by atoms with E-state index in [1.807, 2.05) is 36.4 Å². The van der Waals surface area contributed by atoms with Crippen molar-refractivity contribution in [3.8, 4) is 10.4 Å². The van der Waals surface area contributed by atoms with Gasteiger partial charge in [-0.2, -0.15) is 0 Å². The molecule has 1 fully saturated rings. The molecular formula is C21H18N2O4S2. The van der Waals surface area contributed by atoms with E-state index in [0.29, 0.717) is 29.3 Å². The molecule has 0 saturated carbocycles. The van der Waals surface area contributed by atoms with E-state index in [1.54, 1.807) is 16.2 Å². The van der Waals surface area contributed by atoms with Crippen molar-refractivity contribution in [1.29, 1.82) is 0 Å². The van der Waals surface area contributed by atoms with E-state index in [-0.39, 0.29) is 30.7 Å². The van der Waals surface area contributed by atoms with Gasteiger partial charge in [0, 0.05) is 28.8 Å². The summed E-state index contributed by atoms with van der Waals surface area (Å²) in [5, 5.41) is 2.94. The van der Waals surface area contributed by atoms with Crippen LogP contribution in [0.5, 0.6) is 0 Å². The molecule has 1 aromatic carbocycles. The van der Waals surface area contributed by atoms with Crippen molar-refractivity contribution in [1.82, 2.24) is 10.2 Å². The minimum absolute atomic E-state index is 0.00911. The second-order valence-corrected chi connectivity index (χ2v) is 8.45. The smallest absolute Gasteiger partial charge is 0.302 e. The number of benzene rings is 1. The number of nitrogens with zero attached hydrogens (tertiary/aromatic N) is 1. The Balaban J connectivity index is 1.50. The molecule has 0 spiro atoms. The molecule has 1 N–H and O–H groups in total. The maximum Gasteiger partial charge on any atom is 0.302 e. The van der Waals surface area contributed by atoms with Crippen molar-refractivity contribution in [2.75, 3.05) is 13.2 Å². The minimum atomic E-state index is -0.351. The van der Waals surface area contributed by atoms with E-state index in [2.05, 4.69) is 5.32 Å². The Hall–Kier alpha value is -2.84. The fourth-order valence-electron chi connectivity index (χ4n) is 3.36. The number of thiocarbonyl (C=S) groups is 1. The SMILES string of the molecule is CC(=O)OCCN1Cc2cc(-c3ccc(/C=C4/NC(=S)CC4=O)s3)ccc2C1=O. The van der Waals surface area contributed by atoms with Crippen molar-refractivity contribution < 1.29 is 19.1 Å². The third kappa shape index (κ3) is 4.13. The summed E-state index contributed by atoms with van der Waals surface area (Å²) in [6.45, 7) is 2.43. The number of Topliss-reactive ketones (excluding diaryl/α,β-unsaturated/α-hetero) is 1. The summed E-state index contributed by atoms with van der Waals surface area (Å²) in [7, 11) is 0. The van der Waals surface area contributed by atoms with Crippen molar-refractivity contribution in [3.63, 3.8) is 0 Å². The fourth-order valence-corrected chi connectivity index (χ4v) is 4.55. The molecule has 3 heterocycles. The molecule has 1 aromatic heterocycles. The molecule has 0 radical (unpaired) electrons. The van der Waals surface area contributed by atoms with Crippen LogP contribution in [0.4, 0.5) is 0 Å². The monoisotopic (exact) mass is 426 g/mol. The number of fused-ring (bicyclic) bond motifs is 1. The molecule has 0 bridgehead atoms. The predicted octanol–water partition coefficient (Wildman–Crippen LogP) is 3.16. The standard InChI is InChI=1S/C21H18N2O4S2/c1-12(24)27-7-6-23-11-14-8-13(2-4-16(14)21(23)26)19-5-3-15(29-19)9-17-18(25)10-20(28)22-17/h2-5,8-9H,6-7,10-11H2,1H3,(H,22,28)/b17-9+. The van der Waals surface area contributed by atoms with Crippen LogP contribution in [0.3, 0.4) is 0 Å². The maximum atomic E-state index is 12.5. The van der Waals surface area contributed by atoms with Crippen LogP contribution in [-0.2, 0) is 20.9 Å². The first kappa shape index (κ1) is 19.5. The normalized spacial score (nSPS) is 17.1. The molecule has 0 aliphatic carbocycles. The summed E-state index contributed by atoms with van der Waals surface area (Å²) < 4.78 is 4.94. The summed E-state index contributed by atoms with van der Waals surface area (Å²) in [5.74, 6) is -0.386. The van der Waals surface area contributed by atoms with Gasteiger partial charge in [0.1, 0.15) is 6.61 Å². The van der Waals surface area contributed by atoms with Crippen LogP contribution in [-0.4, -0.2) is 40.7 Å². The highest BCUT2D eigenvalue weighted by Gasteiger charge is 2.27. The van der Waals surface area contributed by atoms with Gasteiger partial charge in [-0.15, -0.1) is 11.3 Å². The van der Waals surface area contributed by atoms with Gasteiger partial charge in [-0.1, -0.05) is 18.3 Å². The molecule has 148 valence electrons. The quantitative estimate of drug-likeness (QED) is 0.450. The zero-order valence-corrected chi connectivity index (χ0v) is 17.3. The Kier molecular flexibility index (Phi) is 5.29. The van der Waals surface area contributed by atoms with Crippen LogP contribution in [0.15, 0.2) is 36.0 Å². The third-order valence-electron chi connectivity index (χ3n) is 4.74. The van der Waals surface area contributed by atoms with Gasteiger partial charge < -0.3 is 15.0 Å². The van der Waals surface area contributed by atoms with Gasteiger partial charge in [0.15, 0.2) is 5.78 Å². The summed E-state index contributed by atoms with van der Waals surface area (Å²) >= 11 is 6.62. The number of ketones is 1. The Bertz CT molecular complexity index is 1070. The number of rotatable bonds is 5. The molecular weight excluding hydrogens is 408 g/mol. The minimum Gasteiger partial charge on any atom is -0.464 e. The van der Waals surface area contributed by atoms with Gasteiger partial charge in [0.25, 0.3) is 5.91 Å². The van der Waals surface area contributed by atoms with Gasteiger partial charge >= 0.3 is 5.97 Å². The topological polar surface area (TPSA) is 75.7 Å². The average Bonchev–Trinajstić information content (AvgIpc) is 3.34. The number of amides is 1. The van der Waals surface area contributed by atoms with Gasteiger partial charge in [-0.3, -0.25) is 14.4 Å². The van der Waals surface area contributed by atoms with E-state index in [0.717, 1.165) is 20.9 Å². The molecule has 2 aliphatic rings. The van der Waals surface area contributed by atoms with E-state index in [1.165, 1.54) is 6.92 Å². The van der Waals surface area contributed by atoms with Gasteiger partial charge in [-0.25, -0.2) is 0 Å². The van der Waals surface area contributed by atoms with E-state index in [4.69, 9.17) is 17.0 Å². The molecule has 6 nitrogen and oxygen atoms in total. The number of ether oxygens (including phenoxy) is 1. The van der Waals surface area contributed by atoms with Crippen LogP contribution in [0, 0.1) is 0 Å². The lowest BCUT2D eigenvalue weighted by atomic mass is 10.1. The highest BCUT2D eigenvalue weighted by molar-refractivity contribution is 7.80. The largest absolute Gasteiger partial charge is 0.464 e. The van der Waals surface area contributed by atoms with Crippen LogP contribution in [0.25, 0.3) is 16.5 Å². The molecule has 1 amide bonds. The Morgan fingerprint density at radius 1 is 1.31 bits per heavy atom. The first-order valence-electron chi connectivity index (χ1n) is 9.11. The number of thiophene rings is 1. The first-order valence-corrected chi connectivity index (χ1v) is 10.3. The van der Waals surface area contributed by atoms with Crippen LogP contribution >= 0.6 is 23.6 Å². The number of carbonyl (C=O) groups excluding carboxylic acids is 3. The molecule has 0 atom stereocenters. The lowest BCUT2D eigenvalue weighted by molar-refractivity contribution is -0.141. The third-order valence-corrected chi connectivity index (χ3v) is 6.07. The molecule has 2 aromatic rings. The highest BCUT2D eigenvalue weighted by Crippen LogP contribution is 2.33. The van der Waals surface area contributed by atoms with Crippen LogP contribution in [0.1, 0.15) is 34.1 Å². The Morgan fingerprint density at radius 2 is 2.14 bits per heavy atom. The second kappa shape index (κ2) is 7.88. The zero-order chi connectivity index (χ0) is 20.5. The summed E-state index contributed by atoms with van der Waals surface area (Å²) in [4.78, 5) is 39.6. The van der Waals surface area contributed by atoms with Crippen LogP contribution < -0.4 is 5.32 Å². The molecule has 1 saturated heterocycles. The molecule has 29 heavy (non-hydrogen) atoms. The number of nitrogens with one attached hydrogen (secondary N) is 1. The number of hydrogen-bond donors (Lipinski definition) is 1. The molecule has 0 unspecified atom stereocenters. The lowest BCUT2D eigenvalue weighted by Gasteiger charge is -2.14. The summed E-state index contributed by atoms with van der Waals surface area (Å²) in [6.07, 6.45) is 2.09. The zero-order valence-electron chi connectivity index (χ0n) is 15.7. The fraction of sp³-hybridized carbons (Fsp3) is 0.238. The van der Waals surface area contributed by atoms with Gasteiger partial charge in [-0.05, 0) is 41.5 Å². The molecule has 8 heteroatoms.